The molecule has 0 radical (unpaired) electrons. The van der Waals surface area contributed by atoms with Crippen LogP contribution in [0.4, 0.5) is 16.3 Å². The lowest BCUT2D eigenvalue weighted by Gasteiger charge is -2.11. The van der Waals surface area contributed by atoms with Gasteiger partial charge in [-0.25, -0.2) is 9.48 Å². The second-order valence-electron chi connectivity index (χ2n) is 5.36. The van der Waals surface area contributed by atoms with Crippen molar-refractivity contribution in [3.05, 3.63) is 41.3 Å². The van der Waals surface area contributed by atoms with E-state index < -0.39 is 0 Å². The van der Waals surface area contributed by atoms with Crippen molar-refractivity contribution in [2.24, 2.45) is 0 Å². The molecule has 9 heteroatoms. The second-order valence-corrected chi connectivity index (χ2v) is 5.36. The average Bonchev–Trinajstić information content (AvgIpc) is 3.21. The molecule has 0 aliphatic heterocycles. The van der Waals surface area contributed by atoms with Crippen LogP contribution in [0.2, 0.25) is 0 Å². The molecule has 9 nitrogen and oxygen atoms in total. The number of amides is 2. The van der Waals surface area contributed by atoms with Gasteiger partial charge in [-0.1, -0.05) is 13.0 Å². The molecule has 0 bridgehead atoms. The Morgan fingerprint density at radius 1 is 1.29 bits per heavy atom. The number of H-pyrrole nitrogens is 1. The third kappa shape index (κ3) is 3.09. The molecule has 0 spiro atoms. The Hall–Kier alpha value is -3.23. The number of benzene rings is 1. The van der Waals surface area contributed by atoms with Crippen molar-refractivity contribution in [3.8, 4) is 5.69 Å². The molecule has 0 aliphatic carbocycles. The monoisotopic (exact) mass is 326 g/mol. The lowest BCUT2D eigenvalue weighted by atomic mass is 10.2. The van der Waals surface area contributed by atoms with Gasteiger partial charge in [0.1, 0.15) is 6.33 Å². The van der Waals surface area contributed by atoms with Crippen LogP contribution >= 0.6 is 0 Å². The highest BCUT2D eigenvalue weighted by molar-refractivity contribution is 6.00. The number of anilines is 2. The van der Waals surface area contributed by atoms with E-state index >= 15 is 0 Å². The minimum atomic E-state index is -0.357. The number of urea groups is 1. The summed E-state index contributed by atoms with van der Waals surface area (Å²) in [6.07, 6.45) is 2.32. The third-order valence-corrected chi connectivity index (χ3v) is 3.78. The Balaban J connectivity index is 1.76. The van der Waals surface area contributed by atoms with Crippen LogP contribution in [-0.4, -0.2) is 36.4 Å². The third-order valence-electron chi connectivity index (χ3n) is 3.78. The molecule has 0 aliphatic rings. The quantitative estimate of drug-likeness (QED) is 0.680. The number of hydrogen-bond donors (Lipinski definition) is 3. The Labute approximate surface area is 138 Å². The van der Waals surface area contributed by atoms with E-state index in [1.807, 2.05) is 32.9 Å². The number of hydrogen-bond acceptors (Lipinski definition) is 5. The predicted molar refractivity (Wildman–Crippen MR) is 89.2 cm³/mol. The summed E-state index contributed by atoms with van der Waals surface area (Å²) in [7, 11) is 0. The number of nitrogens with zero attached hydrogens (tertiary/aromatic N) is 5. The Morgan fingerprint density at radius 3 is 2.79 bits per heavy atom. The Bertz CT molecular complexity index is 852. The van der Waals surface area contributed by atoms with Gasteiger partial charge < -0.3 is 5.32 Å². The molecule has 24 heavy (non-hydrogen) atoms. The van der Waals surface area contributed by atoms with E-state index in [0.717, 1.165) is 28.9 Å². The summed E-state index contributed by atoms with van der Waals surface area (Å²) < 4.78 is 1.52. The number of aryl methyl sites for hydroxylation is 2. The zero-order chi connectivity index (χ0) is 17.1. The van der Waals surface area contributed by atoms with E-state index in [1.165, 1.54) is 11.0 Å². The maximum Gasteiger partial charge on any atom is 0.324 e. The molecule has 0 fully saturated rings. The van der Waals surface area contributed by atoms with Crippen LogP contribution in [0, 0.1) is 13.8 Å². The molecule has 124 valence electrons. The van der Waals surface area contributed by atoms with Gasteiger partial charge in [0.2, 0.25) is 0 Å². The molecule has 3 N–H and O–H groups in total. The lowest BCUT2D eigenvalue weighted by molar-refractivity contribution is 0.262. The van der Waals surface area contributed by atoms with Crippen molar-refractivity contribution in [2.45, 2.75) is 27.2 Å². The number of carbonyl (C=O) groups excluding carboxylic acids is 1. The van der Waals surface area contributed by atoms with Crippen molar-refractivity contribution < 1.29 is 4.79 Å². The van der Waals surface area contributed by atoms with E-state index in [4.69, 9.17) is 0 Å². The van der Waals surface area contributed by atoms with Crippen molar-refractivity contribution in [1.82, 2.24) is 30.4 Å². The van der Waals surface area contributed by atoms with Gasteiger partial charge in [-0.3, -0.25) is 10.4 Å². The first-order valence-corrected chi connectivity index (χ1v) is 7.54. The van der Waals surface area contributed by atoms with Crippen molar-refractivity contribution in [1.29, 1.82) is 0 Å². The van der Waals surface area contributed by atoms with E-state index in [0.29, 0.717) is 11.5 Å². The maximum absolute atomic E-state index is 12.3. The molecule has 0 atom stereocenters. The van der Waals surface area contributed by atoms with Gasteiger partial charge in [0.15, 0.2) is 5.82 Å². The van der Waals surface area contributed by atoms with E-state index in [-0.39, 0.29) is 6.03 Å². The average molecular weight is 326 g/mol. The molecule has 3 aromatic rings. The summed E-state index contributed by atoms with van der Waals surface area (Å²) in [4.78, 5) is 12.3. The summed E-state index contributed by atoms with van der Waals surface area (Å²) in [5, 5.41) is 23.7. The van der Waals surface area contributed by atoms with Gasteiger partial charge in [-0.2, -0.15) is 5.10 Å². The van der Waals surface area contributed by atoms with Gasteiger partial charge in [-0.15, -0.1) is 5.10 Å². The van der Waals surface area contributed by atoms with Crippen LogP contribution in [0.3, 0.4) is 0 Å². The van der Waals surface area contributed by atoms with Crippen LogP contribution in [0.1, 0.15) is 23.7 Å². The molecule has 0 saturated carbocycles. The van der Waals surface area contributed by atoms with Gasteiger partial charge >= 0.3 is 6.03 Å². The number of carbonyl (C=O) groups is 1. The highest BCUT2D eigenvalue weighted by Gasteiger charge is 2.12. The van der Waals surface area contributed by atoms with Crippen molar-refractivity contribution >= 4 is 17.5 Å². The summed E-state index contributed by atoms with van der Waals surface area (Å²) in [5.41, 5.74) is 4.29. The van der Waals surface area contributed by atoms with Gasteiger partial charge in [0, 0.05) is 16.9 Å². The van der Waals surface area contributed by atoms with Gasteiger partial charge in [0.25, 0.3) is 0 Å². The molecule has 0 saturated heterocycles. The Morgan fingerprint density at radius 2 is 2.12 bits per heavy atom. The molecular formula is C15H18N8O. The summed E-state index contributed by atoms with van der Waals surface area (Å²) >= 11 is 0. The summed E-state index contributed by atoms with van der Waals surface area (Å²) in [6.45, 7) is 5.85. The number of nitrogens with one attached hydrogen (secondary N) is 3. The van der Waals surface area contributed by atoms with Crippen LogP contribution in [0.25, 0.3) is 5.69 Å². The normalized spacial score (nSPS) is 10.6. The van der Waals surface area contributed by atoms with E-state index in [9.17, 15) is 4.79 Å². The minimum absolute atomic E-state index is 0.357. The first kappa shape index (κ1) is 15.7. The smallest absolute Gasteiger partial charge is 0.307 e. The van der Waals surface area contributed by atoms with Crippen molar-refractivity contribution in [2.75, 3.05) is 10.6 Å². The molecular weight excluding hydrogens is 308 g/mol. The SMILES string of the molecule is CCc1[nH]nc(NC(=O)Nc2cc(-n3cnnn3)ccc2C)c1C. The zero-order valence-electron chi connectivity index (χ0n) is 13.7. The first-order chi connectivity index (χ1) is 11.6. The highest BCUT2D eigenvalue weighted by atomic mass is 16.2. The molecule has 1 aromatic carbocycles. The van der Waals surface area contributed by atoms with Crippen LogP contribution in [0.15, 0.2) is 24.5 Å². The van der Waals surface area contributed by atoms with E-state index in [1.54, 1.807) is 6.07 Å². The fourth-order valence-corrected chi connectivity index (χ4v) is 2.33. The second kappa shape index (κ2) is 6.49. The topological polar surface area (TPSA) is 113 Å². The maximum atomic E-state index is 12.3. The van der Waals surface area contributed by atoms with Gasteiger partial charge in [0.05, 0.1) is 5.69 Å². The molecule has 3 rings (SSSR count). The predicted octanol–water partition coefficient (Wildman–Crippen LogP) is 2.21. The van der Waals surface area contributed by atoms with Crippen LogP contribution in [0.5, 0.6) is 0 Å². The number of aromatic amines is 1. The number of tetrazole rings is 1. The fraction of sp³-hybridized carbons (Fsp3) is 0.267. The zero-order valence-corrected chi connectivity index (χ0v) is 13.7. The summed E-state index contributed by atoms with van der Waals surface area (Å²) in [5.74, 6) is 0.527. The molecule has 2 aromatic heterocycles. The number of rotatable bonds is 4. The molecule has 2 heterocycles. The van der Waals surface area contributed by atoms with Gasteiger partial charge in [-0.05, 0) is 48.4 Å². The molecule has 2 amide bonds. The standard InChI is InChI=1S/C15H18N8O/c1-4-12-10(3)14(20-19-12)18-15(24)17-13-7-11(6-5-9(13)2)23-8-16-21-22-23/h5-8H,4H2,1-3H3,(H3,17,18,19,20,24). The molecule has 0 unspecified atom stereocenters. The largest absolute Gasteiger partial charge is 0.324 e. The van der Waals surface area contributed by atoms with E-state index in [2.05, 4.69) is 36.4 Å². The number of aromatic nitrogens is 6. The first-order valence-electron chi connectivity index (χ1n) is 7.54. The lowest BCUT2D eigenvalue weighted by Crippen LogP contribution is -2.21. The minimum Gasteiger partial charge on any atom is -0.307 e. The summed E-state index contributed by atoms with van der Waals surface area (Å²) in [6, 6.07) is 5.21. The van der Waals surface area contributed by atoms with Crippen molar-refractivity contribution in [3.63, 3.8) is 0 Å². The fourth-order valence-electron chi connectivity index (χ4n) is 2.33. The van der Waals surface area contributed by atoms with Crippen LogP contribution in [-0.2, 0) is 6.42 Å². The Kier molecular flexibility index (Phi) is 4.23. The highest BCUT2D eigenvalue weighted by Crippen LogP contribution is 2.20. The van der Waals surface area contributed by atoms with Crippen LogP contribution < -0.4 is 10.6 Å².